The Hall–Kier alpha value is -1.25. The number of aryl methyl sites for hydroxylation is 1. The van der Waals surface area contributed by atoms with Crippen molar-refractivity contribution < 1.29 is 14.7 Å². The molecule has 0 spiro atoms. The normalized spacial score (nSPS) is 13.5. The van der Waals surface area contributed by atoms with Crippen molar-refractivity contribution in [2.75, 3.05) is 0 Å². The molecule has 0 aromatic heterocycles. The van der Waals surface area contributed by atoms with E-state index in [0.717, 1.165) is 24.8 Å². The van der Waals surface area contributed by atoms with Gasteiger partial charge < -0.3 is 0 Å². The predicted octanol–water partition coefficient (Wildman–Crippen LogP) is 3.43. The number of hydrogen-bond acceptors (Lipinski definition) is 3. The van der Waals surface area contributed by atoms with E-state index >= 15 is 0 Å². The second kappa shape index (κ2) is 7.55. The van der Waals surface area contributed by atoms with Crippen molar-refractivity contribution in [2.45, 2.75) is 45.4 Å². The SMILES string of the molecule is CCCCCCCc1ccccc1P(O)(O)(O)c1ccccc1. The van der Waals surface area contributed by atoms with Crippen molar-refractivity contribution in [3.8, 4) is 0 Å². The Morgan fingerprint density at radius 3 is 2.04 bits per heavy atom. The van der Waals surface area contributed by atoms with E-state index in [0.29, 0.717) is 0 Å². The van der Waals surface area contributed by atoms with E-state index < -0.39 is 7.28 Å². The molecule has 0 aliphatic rings. The first-order valence-corrected chi connectivity index (χ1v) is 10.4. The maximum atomic E-state index is 10.8. The molecule has 2 rings (SSSR count). The van der Waals surface area contributed by atoms with Crippen LogP contribution in [0.3, 0.4) is 0 Å². The van der Waals surface area contributed by atoms with Crippen LogP contribution in [-0.4, -0.2) is 14.7 Å². The zero-order valence-corrected chi connectivity index (χ0v) is 14.6. The summed E-state index contributed by atoms with van der Waals surface area (Å²) in [6.45, 7) is 2.18. The summed E-state index contributed by atoms with van der Waals surface area (Å²) in [6, 6.07) is 15.4. The molecule has 0 aliphatic heterocycles. The van der Waals surface area contributed by atoms with Gasteiger partial charge in [0.05, 0.1) is 0 Å². The molecule has 0 atom stereocenters. The van der Waals surface area contributed by atoms with Crippen molar-refractivity contribution in [1.82, 2.24) is 0 Å². The monoisotopic (exact) mass is 334 g/mol. The Labute approximate surface area is 138 Å². The van der Waals surface area contributed by atoms with E-state index in [4.69, 9.17) is 0 Å². The van der Waals surface area contributed by atoms with E-state index in [-0.39, 0.29) is 10.6 Å². The van der Waals surface area contributed by atoms with Gasteiger partial charge in [-0.2, -0.15) is 0 Å². The molecule has 126 valence electrons. The van der Waals surface area contributed by atoms with Crippen molar-refractivity contribution in [3.05, 3.63) is 60.2 Å². The molecule has 4 heteroatoms. The number of rotatable bonds is 8. The van der Waals surface area contributed by atoms with Crippen LogP contribution >= 0.6 is 7.28 Å². The summed E-state index contributed by atoms with van der Waals surface area (Å²) in [5, 5.41) is 0.442. The summed E-state index contributed by atoms with van der Waals surface area (Å²) in [7, 11) is -5.06. The third-order valence-electron chi connectivity index (χ3n) is 4.22. The van der Waals surface area contributed by atoms with Crippen LogP contribution in [0.15, 0.2) is 54.6 Å². The molecule has 0 radical (unpaired) electrons. The Morgan fingerprint density at radius 2 is 1.35 bits per heavy atom. The molecule has 0 fully saturated rings. The van der Waals surface area contributed by atoms with Gasteiger partial charge in [-0.15, -0.1) is 0 Å². The van der Waals surface area contributed by atoms with Crippen LogP contribution in [0, 0.1) is 0 Å². The molecule has 0 amide bonds. The molecule has 3 N–H and O–H groups in total. The number of benzene rings is 2. The van der Waals surface area contributed by atoms with Gasteiger partial charge in [-0.1, -0.05) is 0 Å². The molecule has 0 heterocycles. The average molecular weight is 334 g/mol. The molecular weight excluding hydrogens is 307 g/mol. The molecule has 3 nitrogen and oxygen atoms in total. The molecule has 0 saturated heterocycles. The van der Waals surface area contributed by atoms with Gasteiger partial charge in [-0.05, 0) is 0 Å². The first-order chi connectivity index (χ1) is 10.9. The predicted molar refractivity (Wildman–Crippen MR) is 98.2 cm³/mol. The zero-order valence-electron chi connectivity index (χ0n) is 13.7. The second-order valence-electron chi connectivity index (χ2n) is 6.11. The summed E-state index contributed by atoms with van der Waals surface area (Å²) in [6.07, 6.45) is 6.46. The van der Waals surface area contributed by atoms with E-state index in [9.17, 15) is 14.7 Å². The summed E-state index contributed by atoms with van der Waals surface area (Å²) in [4.78, 5) is 32.4. The topological polar surface area (TPSA) is 60.7 Å². The first kappa shape index (κ1) is 18.1. The standard InChI is InChI=1S/C19H27O3P/c1-2-3-4-5-7-12-17-13-10-11-16-19(17)23(20,21,22)18-14-8-6-9-15-18/h6,8-11,13-16,20-22H,2-5,7,12H2,1H3. The summed E-state index contributed by atoms with van der Waals surface area (Å²) < 4.78 is 0. The van der Waals surface area contributed by atoms with Gasteiger partial charge in [0.2, 0.25) is 0 Å². The van der Waals surface area contributed by atoms with Crippen LogP contribution in [0.25, 0.3) is 0 Å². The quantitative estimate of drug-likeness (QED) is 0.512. The second-order valence-corrected chi connectivity index (χ2v) is 9.07. The fourth-order valence-corrected chi connectivity index (χ4v) is 4.96. The summed E-state index contributed by atoms with van der Waals surface area (Å²) in [5.41, 5.74) is 0.818. The molecule has 0 bridgehead atoms. The van der Waals surface area contributed by atoms with Crippen LogP contribution in [0.4, 0.5) is 0 Å². The zero-order chi connectivity index (χ0) is 16.8. The van der Waals surface area contributed by atoms with Gasteiger partial charge in [0.1, 0.15) is 0 Å². The van der Waals surface area contributed by atoms with Gasteiger partial charge in [0, 0.05) is 0 Å². The van der Waals surface area contributed by atoms with Gasteiger partial charge >= 0.3 is 138 Å². The van der Waals surface area contributed by atoms with E-state index in [1.54, 1.807) is 42.5 Å². The average Bonchev–Trinajstić information content (AvgIpc) is 2.55. The van der Waals surface area contributed by atoms with Gasteiger partial charge in [0.15, 0.2) is 0 Å². The molecule has 0 saturated carbocycles. The fourth-order valence-electron chi connectivity index (χ4n) is 2.88. The van der Waals surface area contributed by atoms with Crippen LogP contribution in [0.5, 0.6) is 0 Å². The third-order valence-corrected chi connectivity index (χ3v) is 6.79. The Balaban J connectivity index is 2.25. The number of unbranched alkanes of at least 4 members (excludes halogenated alkanes) is 4. The van der Waals surface area contributed by atoms with Crippen molar-refractivity contribution in [2.24, 2.45) is 0 Å². The van der Waals surface area contributed by atoms with Gasteiger partial charge in [-0.3, -0.25) is 0 Å². The minimum absolute atomic E-state index is 0.178. The molecule has 23 heavy (non-hydrogen) atoms. The fraction of sp³-hybridized carbons (Fsp3) is 0.368. The molecule has 0 unspecified atom stereocenters. The molecular formula is C19H27O3P. The Kier molecular flexibility index (Phi) is 5.94. The van der Waals surface area contributed by atoms with Crippen LogP contribution in [-0.2, 0) is 6.42 Å². The summed E-state index contributed by atoms with van der Waals surface area (Å²) >= 11 is 0. The van der Waals surface area contributed by atoms with Crippen molar-refractivity contribution >= 4 is 17.9 Å². The maximum absolute atomic E-state index is 10.8. The molecule has 0 aliphatic carbocycles. The van der Waals surface area contributed by atoms with Crippen LogP contribution in [0.2, 0.25) is 0 Å². The Bertz CT molecular complexity index is 617. The first-order valence-electron chi connectivity index (χ1n) is 8.35. The summed E-state index contributed by atoms with van der Waals surface area (Å²) in [5.74, 6) is 0. The Morgan fingerprint density at radius 1 is 0.739 bits per heavy atom. The van der Waals surface area contributed by atoms with E-state index in [1.807, 2.05) is 12.1 Å². The van der Waals surface area contributed by atoms with E-state index in [2.05, 4.69) is 6.92 Å². The van der Waals surface area contributed by atoms with E-state index in [1.165, 1.54) is 19.3 Å². The van der Waals surface area contributed by atoms with Crippen molar-refractivity contribution in [3.63, 3.8) is 0 Å². The minimum atomic E-state index is -5.06. The molecule has 2 aromatic carbocycles. The van der Waals surface area contributed by atoms with Crippen LogP contribution < -0.4 is 10.6 Å². The molecule has 2 aromatic rings. The van der Waals surface area contributed by atoms with Gasteiger partial charge in [-0.25, -0.2) is 0 Å². The number of hydrogen-bond donors (Lipinski definition) is 3. The van der Waals surface area contributed by atoms with Crippen LogP contribution in [0.1, 0.15) is 44.6 Å². The van der Waals surface area contributed by atoms with Gasteiger partial charge in [0.25, 0.3) is 0 Å². The van der Waals surface area contributed by atoms with Crippen molar-refractivity contribution in [1.29, 1.82) is 0 Å². The third kappa shape index (κ3) is 4.39.